The summed E-state index contributed by atoms with van der Waals surface area (Å²) in [4.78, 5) is 25.9. The number of aromatic amines is 1. The van der Waals surface area contributed by atoms with E-state index in [1.807, 2.05) is 30.3 Å². The van der Waals surface area contributed by atoms with Gasteiger partial charge in [0.25, 0.3) is 5.56 Å². The van der Waals surface area contributed by atoms with Crippen molar-refractivity contribution in [3.63, 3.8) is 0 Å². The number of pyridine rings is 1. The van der Waals surface area contributed by atoms with E-state index >= 15 is 0 Å². The Bertz CT molecular complexity index is 888. The van der Waals surface area contributed by atoms with Gasteiger partial charge >= 0.3 is 0 Å². The number of benzene rings is 2. The zero-order chi connectivity index (χ0) is 15.5. The van der Waals surface area contributed by atoms with Gasteiger partial charge in [0, 0.05) is 10.4 Å². The van der Waals surface area contributed by atoms with Crippen LogP contribution in [0.4, 0.5) is 0 Å². The molecule has 0 saturated heterocycles. The Morgan fingerprint density at radius 2 is 1.91 bits per heavy atom. The fourth-order valence-corrected chi connectivity index (χ4v) is 2.55. The molecule has 5 heteroatoms. The third-order valence-electron chi connectivity index (χ3n) is 3.29. The number of nitrogens with one attached hydrogen (secondary N) is 1. The normalized spacial score (nSPS) is 10.6. The lowest BCUT2D eigenvalue weighted by molar-refractivity contribution is -0.109. The van der Waals surface area contributed by atoms with Crippen LogP contribution >= 0.6 is 11.6 Å². The molecular weight excluding hydrogens is 302 g/mol. The van der Waals surface area contributed by atoms with E-state index in [0.717, 1.165) is 5.56 Å². The van der Waals surface area contributed by atoms with Crippen LogP contribution in [0.5, 0.6) is 5.75 Å². The predicted octanol–water partition coefficient (Wildman–Crippen LogP) is 3.43. The lowest BCUT2D eigenvalue weighted by Gasteiger charge is -2.12. The first kappa shape index (κ1) is 14.4. The number of carbonyl (C=O) groups excluding carboxylic acids is 1. The van der Waals surface area contributed by atoms with Crippen LogP contribution < -0.4 is 10.3 Å². The van der Waals surface area contributed by atoms with Crippen molar-refractivity contribution in [3.8, 4) is 16.9 Å². The Labute approximate surface area is 131 Å². The van der Waals surface area contributed by atoms with Gasteiger partial charge in [-0.25, -0.2) is 0 Å². The van der Waals surface area contributed by atoms with Crippen LogP contribution in [0, 0.1) is 0 Å². The van der Waals surface area contributed by atoms with E-state index in [-0.39, 0.29) is 12.2 Å². The summed E-state index contributed by atoms with van der Waals surface area (Å²) in [6.07, 6.45) is 0.651. The maximum Gasteiger partial charge on any atom is 0.260 e. The number of fused-ring (bicyclic) bond motifs is 1. The van der Waals surface area contributed by atoms with E-state index in [1.54, 1.807) is 18.2 Å². The van der Waals surface area contributed by atoms with Gasteiger partial charge in [-0.3, -0.25) is 9.59 Å². The third kappa shape index (κ3) is 2.61. The van der Waals surface area contributed by atoms with Crippen LogP contribution in [0.15, 0.2) is 53.3 Å². The van der Waals surface area contributed by atoms with Crippen LogP contribution in [0.2, 0.25) is 5.02 Å². The van der Waals surface area contributed by atoms with Crippen molar-refractivity contribution < 1.29 is 9.53 Å². The van der Waals surface area contributed by atoms with Gasteiger partial charge in [-0.2, -0.15) is 0 Å². The standard InChI is InChI=1S/C17H12ClNO3/c18-12-6-7-13-14(10-12)19-17(21)15(16(13)22-9-8-20)11-4-2-1-3-5-11/h1-8,10H,9H2,(H,19,21). The molecular formula is C17H12ClNO3. The minimum absolute atomic E-state index is 0.124. The second-order valence-electron chi connectivity index (χ2n) is 4.69. The number of carbonyl (C=O) groups is 1. The van der Waals surface area contributed by atoms with Crippen molar-refractivity contribution in [2.45, 2.75) is 0 Å². The summed E-state index contributed by atoms with van der Waals surface area (Å²) < 4.78 is 5.54. The van der Waals surface area contributed by atoms with E-state index in [9.17, 15) is 9.59 Å². The maximum absolute atomic E-state index is 12.5. The highest BCUT2D eigenvalue weighted by Crippen LogP contribution is 2.33. The minimum Gasteiger partial charge on any atom is -0.485 e. The Hall–Kier alpha value is -2.59. The highest BCUT2D eigenvalue weighted by Gasteiger charge is 2.16. The molecule has 2 aromatic carbocycles. The largest absolute Gasteiger partial charge is 0.485 e. The topological polar surface area (TPSA) is 59.2 Å². The van der Waals surface area contributed by atoms with Crippen LogP contribution in [0.25, 0.3) is 22.0 Å². The van der Waals surface area contributed by atoms with Crippen LogP contribution in [-0.2, 0) is 4.79 Å². The minimum atomic E-state index is -0.290. The molecule has 1 N–H and O–H groups in total. The molecule has 1 heterocycles. The van der Waals surface area contributed by atoms with Crippen LogP contribution in [-0.4, -0.2) is 17.9 Å². The molecule has 0 unspecified atom stereocenters. The van der Waals surface area contributed by atoms with E-state index in [1.165, 1.54) is 0 Å². The Morgan fingerprint density at radius 3 is 2.64 bits per heavy atom. The summed E-state index contributed by atoms with van der Waals surface area (Å²) in [6, 6.07) is 14.3. The molecule has 0 aliphatic rings. The predicted molar refractivity (Wildman–Crippen MR) is 86.6 cm³/mol. The Balaban J connectivity index is 2.35. The number of aromatic nitrogens is 1. The Morgan fingerprint density at radius 1 is 1.14 bits per heavy atom. The molecule has 22 heavy (non-hydrogen) atoms. The molecule has 0 bridgehead atoms. The molecule has 110 valence electrons. The van der Waals surface area contributed by atoms with Crippen LogP contribution in [0.3, 0.4) is 0 Å². The van der Waals surface area contributed by atoms with E-state index in [2.05, 4.69) is 4.98 Å². The van der Waals surface area contributed by atoms with Crippen molar-refractivity contribution in [3.05, 3.63) is 63.9 Å². The second kappa shape index (κ2) is 6.03. The highest BCUT2D eigenvalue weighted by atomic mass is 35.5. The molecule has 0 aliphatic carbocycles. The summed E-state index contributed by atoms with van der Waals surface area (Å²) in [6.45, 7) is -0.124. The Kier molecular flexibility index (Phi) is 3.94. The zero-order valence-corrected chi connectivity index (χ0v) is 12.3. The molecule has 3 aromatic rings. The van der Waals surface area contributed by atoms with Gasteiger partial charge in [-0.05, 0) is 23.8 Å². The number of halogens is 1. The quantitative estimate of drug-likeness (QED) is 0.751. The lowest BCUT2D eigenvalue weighted by Crippen LogP contribution is -2.13. The average Bonchev–Trinajstić information content (AvgIpc) is 2.52. The number of aldehydes is 1. The van der Waals surface area contributed by atoms with Gasteiger partial charge in [0.2, 0.25) is 0 Å². The zero-order valence-electron chi connectivity index (χ0n) is 11.5. The maximum atomic E-state index is 12.5. The number of ether oxygens (including phenoxy) is 1. The molecule has 0 amide bonds. The average molecular weight is 314 g/mol. The summed E-state index contributed by atoms with van der Waals surface area (Å²) in [7, 11) is 0. The van der Waals surface area contributed by atoms with Crippen molar-refractivity contribution in [1.29, 1.82) is 0 Å². The first-order valence-electron chi connectivity index (χ1n) is 6.68. The first-order valence-corrected chi connectivity index (χ1v) is 7.06. The molecule has 4 nitrogen and oxygen atoms in total. The van der Waals surface area contributed by atoms with E-state index in [0.29, 0.717) is 33.5 Å². The molecule has 0 atom stereocenters. The van der Waals surface area contributed by atoms with E-state index < -0.39 is 0 Å². The number of hydrogen-bond acceptors (Lipinski definition) is 3. The fraction of sp³-hybridized carbons (Fsp3) is 0.0588. The van der Waals surface area contributed by atoms with Gasteiger partial charge in [-0.1, -0.05) is 41.9 Å². The van der Waals surface area contributed by atoms with Crippen molar-refractivity contribution >= 4 is 28.8 Å². The van der Waals surface area contributed by atoms with Crippen molar-refractivity contribution in [1.82, 2.24) is 4.98 Å². The molecule has 3 rings (SSSR count). The van der Waals surface area contributed by atoms with Crippen molar-refractivity contribution in [2.24, 2.45) is 0 Å². The SMILES string of the molecule is O=CCOc1c(-c2ccccc2)c(=O)[nH]c2cc(Cl)ccc12. The van der Waals surface area contributed by atoms with Gasteiger partial charge in [-0.15, -0.1) is 0 Å². The smallest absolute Gasteiger partial charge is 0.260 e. The number of H-pyrrole nitrogens is 1. The molecule has 0 saturated carbocycles. The van der Waals surface area contributed by atoms with Crippen molar-refractivity contribution in [2.75, 3.05) is 6.61 Å². The summed E-state index contributed by atoms with van der Waals surface area (Å²) in [5.74, 6) is 0.383. The first-order chi connectivity index (χ1) is 10.7. The highest BCUT2D eigenvalue weighted by molar-refractivity contribution is 6.31. The molecule has 1 aromatic heterocycles. The number of rotatable bonds is 4. The van der Waals surface area contributed by atoms with Gasteiger partial charge in [0.05, 0.1) is 11.1 Å². The second-order valence-corrected chi connectivity index (χ2v) is 5.13. The molecule has 0 spiro atoms. The molecule has 0 fully saturated rings. The van der Waals surface area contributed by atoms with Crippen LogP contribution in [0.1, 0.15) is 0 Å². The van der Waals surface area contributed by atoms with E-state index in [4.69, 9.17) is 16.3 Å². The monoisotopic (exact) mass is 313 g/mol. The lowest BCUT2D eigenvalue weighted by atomic mass is 10.0. The fourth-order valence-electron chi connectivity index (χ4n) is 2.37. The molecule has 0 aliphatic heterocycles. The third-order valence-corrected chi connectivity index (χ3v) is 3.52. The summed E-state index contributed by atoms with van der Waals surface area (Å²) >= 11 is 5.97. The summed E-state index contributed by atoms with van der Waals surface area (Å²) in [5, 5.41) is 1.21. The van der Waals surface area contributed by atoms with Gasteiger partial charge in [0.15, 0.2) is 6.29 Å². The number of hydrogen-bond donors (Lipinski definition) is 1. The van der Waals surface area contributed by atoms with Gasteiger partial charge in [0.1, 0.15) is 12.4 Å². The summed E-state index contributed by atoms with van der Waals surface area (Å²) in [5.41, 5.74) is 1.40. The van der Waals surface area contributed by atoms with Gasteiger partial charge < -0.3 is 9.72 Å². The molecule has 0 radical (unpaired) electrons.